The number of carboxylic acids is 1. The summed E-state index contributed by atoms with van der Waals surface area (Å²) in [4.78, 5) is 21.7. The number of amides is 2. The maximum absolute atomic E-state index is 11.0. The molecule has 3 N–H and O–H groups in total. The molecule has 0 heterocycles. The molecule has 0 radical (unpaired) electrons. The quantitative estimate of drug-likeness (QED) is 0.558. The first-order valence-corrected chi connectivity index (χ1v) is 4.79. The van der Waals surface area contributed by atoms with Crippen LogP contribution in [0.3, 0.4) is 0 Å². The summed E-state index contributed by atoms with van der Waals surface area (Å²) in [6.45, 7) is 2.16. The van der Waals surface area contributed by atoms with E-state index in [0.717, 1.165) is 6.42 Å². The van der Waals surface area contributed by atoms with Gasteiger partial charge in [-0.3, -0.25) is 4.79 Å². The van der Waals surface area contributed by atoms with Gasteiger partial charge >= 0.3 is 12.0 Å². The first-order chi connectivity index (χ1) is 7.11. The fourth-order valence-corrected chi connectivity index (χ4v) is 1.07. The van der Waals surface area contributed by atoms with Crippen LogP contribution in [0.5, 0.6) is 0 Å². The molecule has 1 unspecified atom stereocenters. The van der Waals surface area contributed by atoms with E-state index >= 15 is 0 Å². The largest absolute Gasteiger partial charge is 0.481 e. The minimum absolute atomic E-state index is 0.125. The molecule has 5 heteroatoms. The van der Waals surface area contributed by atoms with Crippen LogP contribution in [0.15, 0.2) is 0 Å². The molecule has 15 heavy (non-hydrogen) atoms. The van der Waals surface area contributed by atoms with Gasteiger partial charge < -0.3 is 15.7 Å². The first-order valence-electron chi connectivity index (χ1n) is 4.79. The van der Waals surface area contributed by atoms with Crippen molar-refractivity contribution in [2.75, 3.05) is 13.1 Å². The van der Waals surface area contributed by atoms with Crippen LogP contribution in [-0.2, 0) is 4.79 Å². The lowest BCUT2D eigenvalue weighted by molar-refractivity contribution is -0.141. The molecule has 0 spiro atoms. The van der Waals surface area contributed by atoms with Gasteiger partial charge in [-0.2, -0.15) is 0 Å². The smallest absolute Gasteiger partial charge is 0.315 e. The standard InChI is InChI=1S/C10H16N2O3/c1-3-5-8(9(13)14)7-12-10(15)11-6-4-2/h2,8H,3,5-7H2,1H3,(H,13,14)(H2,11,12,15). The number of carboxylic acid groups (broad SMARTS) is 1. The third kappa shape index (κ3) is 6.38. The zero-order chi connectivity index (χ0) is 11.7. The van der Waals surface area contributed by atoms with E-state index in [1.165, 1.54) is 0 Å². The van der Waals surface area contributed by atoms with Gasteiger partial charge in [-0.1, -0.05) is 19.3 Å². The SMILES string of the molecule is C#CCNC(=O)NCC(CCC)C(=O)O. The fourth-order valence-electron chi connectivity index (χ4n) is 1.07. The molecular weight excluding hydrogens is 196 g/mol. The lowest BCUT2D eigenvalue weighted by Gasteiger charge is -2.12. The number of hydrogen-bond acceptors (Lipinski definition) is 2. The van der Waals surface area contributed by atoms with Crippen molar-refractivity contribution in [1.29, 1.82) is 0 Å². The second kappa shape index (κ2) is 7.68. The number of terminal acetylenes is 1. The molecule has 0 aliphatic rings. The van der Waals surface area contributed by atoms with Crippen LogP contribution in [0, 0.1) is 18.3 Å². The normalized spacial score (nSPS) is 11.2. The van der Waals surface area contributed by atoms with Gasteiger partial charge in [0.15, 0.2) is 0 Å². The molecule has 0 aromatic rings. The molecule has 84 valence electrons. The van der Waals surface area contributed by atoms with Crippen LogP contribution < -0.4 is 10.6 Å². The zero-order valence-electron chi connectivity index (χ0n) is 8.75. The van der Waals surface area contributed by atoms with Gasteiger partial charge in [-0.15, -0.1) is 6.42 Å². The highest BCUT2D eigenvalue weighted by Crippen LogP contribution is 2.04. The number of carbonyl (C=O) groups excluding carboxylic acids is 1. The molecule has 2 amide bonds. The van der Waals surface area contributed by atoms with Crippen molar-refractivity contribution in [2.24, 2.45) is 5.92 Å². The minimum Gasteiger partial charge on any atom is -0.481 e. The van der Waals surface area contributed by atoms with E-state index in [9.17, 15) is 9.59 Å². The zero-order valence-corrected chi connectivity index (χ0v) is 8.75. The van der Waals surface area contributed by atoms with Crippen LogP contribution in [0.2, 0.25) is 0 Å². The van der Waals surface area contributed by atoms with Gasteiger partial charge in [0.25, 0.3) is 0 Å². The Balaban J connectivity index is 3.84. The summed E-state index contributed by atoms with van der Waals surface area (Å²) in [6.07, 6.45) is 6.26. The van der Waals surface area contributed by atoms with Crippen LogP contribution >= 0.6 is 0 Å². The maximum atomic E-state index is 11.0. The number of urea groups is 1. The van der Waals surface area contributed by atoms with E-state index in [-0.39, 0.29) is 13.1 Å². The van der Waals surface area contributed by atoms with Gasteiger partial charge in [0.05, 0.1) is 12.5 Å². The Morgan fingerprint density at radius 2 is 2.13 bits per heavy atom. The molecule has 0 aromatic carbocycles. The maximum Gasteiger partial charge on any atom is 0.315 e. The predicted octanol–water partition coefficient (Wildman–Crippen LogP) is 0.420. The molecule has 5 nitrogen and oxygen atoms in total. The van der Waals surface area contributed by atoms with Crippen molar-refractivity contribution in [3.05, 3.63) is 0 Å². The number of hydrogen-bond donors (Lipinski definition) is 3. The molecule has 0 fully saturated rings. The number of nitrogens with one attached hydrogen (secondary N) is 2. The second-order valence-electron chi connectivity index (χ2n) is 3.09. The third-order valence-corrected chi connectivity index (χ3v) is 1.85. The Morgan fingerprint density at radius 1 is 1.47 bits per heavy atom. The van der Waals surface area contributed by atoms with Crippen LogP contribution in [0.1, 0.15) is 19.8 Å². The fraction of sp³-hybridized carbons (Fsp3) is 0.600. The van der Waals surface area contributed by atoms with E-state index in [1.807, 2.05) is 6.92 Å². The van der Waals surface area contributed by atoms with Crippen LogP contribution in [0.25, 0.3) is 0 Å². The lowest BCUT2D eigenvalue weighted by Crippen LogP contribution is -2.40. The van der Waals surface area contributed by atoms with Crippen molar-refractivity contribution in [3.8, 4) is 12.3 Å². The average molecular weight is 212 g/mol. The molecule has 0 aromatic heterocycles. The van der Waals surface area contributed by atoms with Gasteiger partial charge in [0.1, 0.15) is 0 Å². The number of rotatable bonds is 6. The summed E-state index contributed by atoms with van der Waals surface area (Å²) in [6, 6.07) is -0.435. The molecule has 0 bridgehead atoms. The van der Waals surface area contributed by atoms with Crippen molar-refractivity contribution >= 4 is 12.0 Å². The van der Waals surface area contributed by atoms with Gasteiger partial charge in [-0.05, 0) is 6.42 Å². The van der Waals surface area contributed by atoms with Crippen molar-refractivity contribution in [2.45, 2.75) is 19.8 Å². The van der Waals surface area contributed by atoms with E-state index < -0.39 is 17.9 Å². The third-order valence-electron chi connectivity index (χ3n) is 1.85. The van der Waals surface area contributed by atoms with Gasteiger partial charge in [-0.25, -0.2) is 4.79 Å². The van der Waals surface area contributed by atoms with Gasteiger partial charge in [0.2, 0.25) is 0 Å². The summed E-state index contributed by atoms with van der Waals surface area (Å²) in [7, 11) is 0. The molecule has 0 saturated carbocycles. The highest BCUT2D eigenvalue weighted by atomic mass is 16.4. The van der Waals surface area contributed by atoms with Gasteiger partial charge in [0, 0.05) is 6.54 Å². The van der Waals surface area contributed by atoms with E-state index in [1.54, 1.807) is 0 Å². The number of aliphatic carboxylic acids is 1. The molecule has 0 aliphatic heterocycles. The Kier molecular flexibility index (Phi) is 6.81. The highest BCUT2D eigenvalue weighted by Gasteiger charge is 2.16. The molecule has 1 atom stereocenters. The summed E-state index contributed by atoms with van der Waals surface area (Å²) < 4.78 is 0. The summed E-state index contributed by atoms with van der Waals surface area (Å²) >= 11 is 0. The average Bonchev–Trinajstić information content (AvgIpc) is 2.20. The van der Waals surface area contributed by atoms with Crippen molar-refractivity contribution in [3.63, 3.8) is 0 Å². The van der Waals surface area contributed by atoms with Crippen LogP contribution in [0.4, 0.5) is 4.79 Å². The highest BCUT2D eigenvalue weighted by molar-refractivity contribution is 5.76. The minimum atomic E-state index is -0.894. The predicted molar refractivity (Wildman–Crippen MR) is 56.3 cm³/mol. The summed E-state index contributed by atoms with van der Waals surface area (Å²) in [5, 5.41) is 13.6. The Bertz CT molecular complexity index is 258. The molecular formula is C10H16N2O3. The van der Waals surface area contributed by atoms with Crippen molar-refractivity contribution < 1.29 is 14.7 Å². The lowest BCUT2D eigenvalue weighted by atomic mass is 10.0. The Morgan fingerprint density at radius 3 is 2.60 bits per heavy atom. The second-order valence-corrected chi connectivity index (χ2v) is 3.09. The number of carbonyl (C=O) groups is 2. The van der Waals surface area contributed by atoms with Crippen LogP contribution in [-0.4, -0.2) is 30.2 Å². The molecule has 0 rings (SSSR count). The Hall–Kier alpha value is -1.70. The molecule has 0 saturated heterocycles. The van der Waals surface area contributed by atoms with E-state index in [0.29, 0.717) is 6.42 Å². The topological polar surface area (TPSA) is 78.4 Å². The van der Waals surface area contributed by atoms with E-state index in [4.69, 9.17) is 11.5 Å². The summed E-state index contributed by atoms with van der Waals surface area (Å²) in [5.74, 6) is 0.816. The monoisotopic (exact) mass is 212 g/mol. The molecule has 0 aliphatic carbocycles. The first kappa shape index (κ1) is 13.3. The summed E-state index contributed by atoms with van der Waals surface area (Å²) in [5.41, 5.74) is 0. The van der Waals surface area contributed by atoms with Crippen molar-refractivity contribution in [1.82, 2.24) is 10.6 Å². The Labute approximate surface area is 89.2 Å². The van der Waals surface area contributed by atoms with E-state index in [2.05, 4.69) is 16.6 Å².